The van der Waals surface area contributed by atoms with Crippen LogP contribution >= 0.6 is 0 Å². The fourth-order valence-corrected chi connectivity index (χ4v) is 1.04. The number of alkyl halides is 3. The van der Waals surface area contributed by atoms with E-state index in [1.54, 1.807) is 0 Å². The fraction of sp³-hybridized carbons (Fsp3) is 0.250. The van der Waals surface area contributed by atoms with E-state index in [0.29, 0.717) is 6.07 Å². The summed E-state index contributed by atoms with van der Waals surface area (Å²) in [4.78, 5) is 0. The Morgan fingerprint density at radius 2 is 1.86 bits per heavy atom. The first-order valence-corrected chi connectivity index (χ1v) is 3.67. The summed E-state index contributed by atoms with van der Waals surface area (Å²) >= 11 is 0. The second-order valence-corrected chi connectivity index (χ2v) is 2.77. The van der Waals surface area contributed by atoms with Crippen LogP contribution in [0.15, 0.2) is 18.2 Å². The Hall–Kier alpha value is -1.30. The van der Waals surface area contributed by atoms with Gasteiger partial charge in [0.15, 0.2) is 0 Å². The van der Waals surface area contributed by atoms with E-state index in [9.17, 15) is 17.6 Å². The van der Waals surface area contributed by atoms with Crippen LogP contribution in [0, 0.1) is 5.82 Å². The second-order valence-electron chi connectivity index (χ2n) is 2.77. The molecule has 0 fully saturated rings. The molecule has 6 heteroatoms. The molecule has 0 saturated carbocycles. The summed E-state index contributed by atoms with van der Waals surface area (Å²) in [6, 6.07) is 2.15. The number of nitrogens with zero attached hydrogens (tertiary/aromatic N) is 1. The SMILES string of the molecule is CN(N)c1cc(F)ccc1C(F)(F)F. The van der Waals surface area contributed by atoms with Crippen molar-refractivity contribution >= 4 is 5.69 Å². The number of nitrogens with two attached hydrogens (primary N) is 1. The molecule has 78 valence electrons. The van der Waals surface area contributed by atoms with Gasteiger partial charge in [0.1, 0.15) is 5.82 Å². The minimum absolute atomic E-state index is 0.391. The molecule has 0 bridgehead atoms. The van der Waals surface area contributed by atoms with Crippen LogP contribution in [0.3, 0.4) is 0 Å². The third kappa shape index (κ3) is 2.14. The summed E-state index contributed by atoms with van der Waals surface area (Å²) in [7, 11) is 1.21. The first-order chi connectivity index (χ1) is 6.32. The van der Waals surface area contributed by atoms with Crippen LogP contribution in [0.5, 0.6) is 0 Å². The third-order valence-electron chi connectivity index (χ3n) is 1.65. The average Bonchev–Trinajstić information content (AvgIpc) is 2.01. The van der Waals surface area contributed by atoms with Gasteiger partial charge in [-0.25, -0.2) is 10.2 Å². The van der Waals surface area contributed by atoms with Crippen molar-refractivity contribution in [3.8, 4) is 0 Å². The lowest BCUT2D eigenvalue weighted by atomic mass is 10.1. The highest BCUT2D eigenvalue weighted by Gasteiger charge is 2.34. The normalized spacial score (nSPS) is 11.6. The molecule has 0 aliphatic carbocycles. The van der Waals surface area contributed by atoms with Crippen LogP contribution in [0.4, 0.5) is 23.2 Å². The zero-order valence-corrected chi connectivity index (χ0v) is 7.27. The van der Waals surface area contributed by atoms with Crippen molar-refractivity contribution in [2.24, 2.45) is 5.84 Å². The number of benzene rings is 1. The molecule has 0 spiro atoms. The Morgan fingerprint density at radius 3 is 2.29 bits per heavy atom. The van der Waals surface area contributed by atoms with E-state index in [-0.39, 0.29) is 0 Å². The molecule has 0 saturated heterocycles. The van der Waals surface area contributed by atoms with E-state index < -0.39 is 23.2 Å². The number of hydrogen-bond acceptors (Lipinski definition) is 2. The number of rotatable bonds is 1. The van der Waals surface area contributed by atoms with Gasteiger partial charge in [0, 0.05) is 7.05 Å². The molecule has 1 rings (SSSR count). The van der Waals surface area contributed by atoms with E-state index in [1.807, 2.05) is 0 Å². The lowest BCUT2D eigenvalue weighted by molar-refractivity contribution is -0.137. The Balaban J connectivity index is 3.29. The fourth-order valence-electron chi connectivity index (χ4n) is 1.04. The minimum Gasteiger partial charge on any atom is -0.313 e. The van der Waals surface area contributed by atoms with Gasteiger partial charge in [-0.05, 0) is 18.2 Å². The maximum absolute atomic E-state index is 12.6. The first kappa shape index (κ1) is 10.8. The third-order valence-corrected chi connectivity index (χ3v) is 1.65. The zero-order chi connectivity index (χ0) is 10.9. The van der Waals surface area contributed by atoms with Crippen molar-refractivity contribution in [3.05, 3.63) is 29.6 Å². The highest BCUT2D eigenvalue weighted by Crippen LogP contribution is 2.35. The smallest absolute Gasteiger partial charge is 0.313 e. The maximum Gasteiger partial charge on any atom is 0.418 e. The van der Waals surface area contributed by atoms with Crippen LogP contribution in [-0.2, 0) is 6.18 Å². The minimum atomic E-state index is -4.53. The predicted molar refractivity (Wildman–Crippen MR) is 44.0 cm³/mol. The molecular formula is C8H8F4N2. The highest BCUT2D eigenvalue weighted by atomic mass is 19.4. The topological polar surface area (TPSA) is 29.3 Å². The highest BCUT2D eigenvalue weighted by molar-refractivity contribution is 5.53. The van der Waals surface area contributed by atoms with Crippen LogP contribution in [0.25, 0.3) is 0 Å². The summed E-state index contributed by atoms with van der Waals surface area (Å²) < 4.78 is 49.7. The molecule has 14 heavy (non-hydrogen) atoms. The molecule has 2 nitrogen and oxygen atoms in total. The quantitative estimate of drug-likeness (QED) is 0.435. The monoisotopic (exact) mass is 208 g/mol. The van der Waals surface area contributed by atoms with Gasteiger partial charge in [0.05, 0.1) is 11.3 Å². The first-order valence-electron chi connectivity index (χ1n) is 3.67. The van der Waals surface area contributed by atoms with E-state index in [2.05, 4.69) is 0 Å². The van der Waals surface area contributed by atoms with Gasteiger partial charge in [0.2, 0.25) is 0 Å². The maximum atomic E-state index is 12.6. The van der Waals surface area contributed by atoms with Crippen LogP contribution in [-0.4, -0.2) is 7.05 Å². The number of hydrogen-bond donors (Lipinski definition) is 1. The van der Waals surface area contributed by atoms with Gasteiger partial charge < -0.3 is 5.01 Å². The molecule has 0 atom stereocenters. The Kier molecular flexibility index (Phi) is 2.66. The van der Waals surface area contributed by atoms with Crippen molar-refractivity contribution in [2.75, 3.05) is 12.1 Å². The standard InChI is InChI=1S/C8H8F4N2/c1-14(13)7-4-5(9)2-3-6(7)8(10,11)12/h2-4H,13H2,1H3. The molecule has 2 N–H and O–H groups in total. The van der Waals surface area contributed by atoms with Gasteiger partial charge in [0.25, 0.3) is 0 Å². The molecule has 1 aromatic carbocycles. The van der Waals surface area contributed by atoms with Crippen LogP contribution in [0.1, 0.15) is 5.56 Å². The molecule has 0 aliphatic rings. The number of anilines is 1. The van der Waals surface area contributed by atoms with E-state index in [0.717, 1.165) is 17.1 Å². The van der Waals surface area contributed by atoms with Crippen molar-refractivity contribution in [1.29, 1.82) is 0 Å². The molecule has 1 aromatic rings. The Morgan fingerprint density at radius 1 is 1.29 bits per heavy atom. The molecular weight excluding hydrogens is 200 g/mol. The van der Waals surface area contributed by atoms with Gasteiger partial charge >= 0.3 is 6.18 Å². The second kappa shape index (κ2) is 3.45. The van der Waals surface area contributed by atoms with Crippen LogP contribution < -0.4 is 10.9 Å². The number of halogens is 4. The van der Waals surface area contributed by atoms with Crippen molar-refractivity contribution in [3.63, 3.8) is 0 Å². The molecule has 0 heterocycles. The molecule has 0 unspecified atom stereocenters. The van der Waals surface area contributed by atoms with Gasteiger partial charge in [-0.1, -0.05) is 0 Å². The zero-order valence-electron chi connectivity index (χ0n) is 7.27. The number of hydrazine groups is 1. The Bertz CT molecular complexity index is 333. The summed E-state index contributed by atoms with van der Waals surface area (Å²) in [6.45, 7) is 0. The van der Waals surface area contributed by atoms with Crippen molar-refractivity contribution in [2.45, 2.75) is 6.18 Å². The van der Waals surface area contributed by atoms with E-state index >= 15 is 0 Å². The van der Waals surface area contributed by atoms with Crippen molar-refractivity contribution in [1.82, 2.24) is 0 Å². The predicted octanol–water partition coefficient (Wildman–Crippen LogP) is 2.15. The molecule has 0 amide bonds. The van der Waals surface area contributed by atoms with E-state index in [1.165, 1.54) is 7.05 Å². The lowest BCUT2D eigenvalue weighted by Crippen LogP contribution is -2.28. The summed E-state index contributed by atoms with van der Waals surface area (Å²) in [5, 5.41) is 0.728. The largest absolute Gasteiger partial charge is 0.418 e. The summed E-state index contributed by atoms with van der Waals surface area (Å²) in [5.74, 6) is 4.39. The summed E-state index contributed by atoms with van der Waals surface area (Å²) in [6.07, 6.45) is -4.53. The van der Waals surface area contributed by atoms with Gasteiger partial charge in [-0.3, -0.25) is 0 Å². The van der Waals surface area contributed by atoms with Gasteiger partial charge in [-0.15, -0.1) is 0 Å². The average molecular weight is 208 g/mol. The molecule has 0 radical (unpaired) electrons. The Labute approximate surface area is 77.9 Å². The molecule has 0 aliphatic heterocycles. The van der Waals surface area contributed by atoms with Crippen molar-refractivity contribution < 1.29 is 17.6 Å². The lowest BCUT2D eigenvalue weighted by Gasteiger charge is -2.18. The van der Waals surface area contributed by atoms with Crippen LogP contribution in [0.2, 0.25) is 0 Å². The van der Waals surface area contributed by atoms with Gasteiger partial charge in [-0.2, -0.15) is 13.2 Å². The van der Waals surface area contributed by atoms with E-state index in [4.69, 9.17) is 5.84 Å². The molecule has 0 aromatic heterocycles. The summed E-state index contributed by atoms with van der Waals surface area (Å²) in [5.41, 5.74) is -1.35.